The van der Waals surface area contributed by atoms with Crippen molar-refractivity contribution in [3.63, 3.8) is 0 Å². The van der Waals surface area contributed by atoms with Crippen LogP contribution in [-0.2, 0) is 9.59 Å². The molecule has 1 fully saturated rings. The fraction of sp³-hybridized carbons (Fsp3) is 0.474. The summed E-state index contributed by atoms with van der Waals surface area (Å²) in [5, 5.41) is 28.9. The molecule has 154 valence electrons. The molecule has 29 heavy (non-hydrogen) atoms. The lowest BCUT2D eigenvalue weighted by molar-refractivity contribution is -0.163. The second-order valence-corrected chi connectivity index (χ2v) is 9.62. The number of nitrogens with zero attached hydrogens (tertiary/aromatic N) is 3. The van der Waals surface area contributed by atoms with E-state index in [1.54, 1.807) is 6.92 Å². The minimum Gasteiger partial charge on any atom is -0.477 e. The van der Waals surface area contributed by atoms with E-state index in [1.165, 1.54) is 34.3 Å². The van der Waals surface area contributed by atoms with Gasteiger partial charge in [0.1, 0.15) is 5.70 Å². The Labute approximate surface area is 176 Å². The summed E-state index contributed by atoms with van der Waals surface area (Å²) in [5.41, 5.74) is 2.03. The predicted molar refractivity (Wildman–Crippen MR) is 111 cm³/mol. The highest BCUT2D eigenvalue weighted by molar-refractivity contribution is 8.04. The molecule has 0 radical (unpaired) electrons. The summed E-state index contributed by atoms with van der Waals surface area (Å²) in [6.07, 6.45) is 3.40. The van der Waals surface area contributed by atoms with Gasteiger partial charge in [-0.1, -0.05) is 24.8 Å². The van der Waals surface area contributed by atoms with E-state index in [0.29, 0.717) is 11.4 Å². The van der Waals surface area contributed by atoms with E-state index in [0.717, 1.165) is 28.6 Å². The third-order valence-electron chi connectivity index (χ3n) is 5.74. The first-order chi connectivity index (χ1) is 13.8. The van der Waals surface area contributed by atoms with Crippen molar-refractivity contribution >= 4 is 46.9 Å². The number of aliphatic hydroxyl groups excluding tert-OH is 1. The third-order valence-corrected chi connectivity index (χ3v) is 7.97. The van der Waals surface area contributed by atoms with Crippen LogP contribution < -0.4 is 0 Å². The molecule has 4 rings (SSSR count). The van der Waals surface area contributed by atoms with E-state index < -0.39 is 18.0 Å². The zero-order valence-electron chi connectivity index (χ0n) is 16.0. The number of carboxylic acid groups (broad SMARTS) is 1. The maximum atomic E-state index is 12.4. The maximum Gasteiger partial charge on any atom is 0.353 e. The molecule has 4 unspecified atom stereocenters. The van der Waals surface area contributed by atoms with Gasteiger partial charge in [0.25, 0.3) is 0 Å². The van der Waals surface area contributed by atoms with Gasteiger partial charge in [0.2, 0.25) is 5.91 Å². The fourth-order valence-electron chi connectivity index (χ4n) is 4.24. The quantitative estimate of drug-likeness (QED) is 0.356. The van der Waals surface area contributed by atoms with E-state index in [2.05, 4.69) is 11.1 Å². The second-order valence-electron chi connectivity index (χ2n) is 7.48. The molecule has 1 amide bonds. The number of fused-ring (bicyclic) bond motifs is 1. The molecule has 3 aliphatic heterocycles. The van der Waals surface area contributed by atoms with Gasteiger partial charge in [0.15, 0.2) is 4.34 Å². The van der Waals surface area contributed by atoms with Crippen LogP contribution in [0.2, 0.25) is 0 Å². The second kappa shape index (κ2) is 7.58. The van der Waals surface area contributed by atoms with Crippen LogP contribution in [0.4, 0.5) is 0 Å². The topological polar surface area (TPSA) is 118 Å². The number of aliphatic hydroxyl groups is 1. The van der Waals surface area contributed by atoms with Gasteiger partial charge in [-0.05, 0) is 18.9 Å². The van der Waals surface area contributed by atoms with Gasteiger partial charge in [0.05, 0.1) is 30.1 Å². The van der Waals surface area contributed by atoms with Crippen molar-refractivity contribution in [3.05, 3.63) is 27.8 Å². The molecule has 3 N–H and O–H groups in total. The minimum absolute atomic E-state index is 0.0182. The molecule has 10 heteroatoms. The highest BCUT2D eigenvalue weighted by Crippen LogP contribution is 2.52. The van der Waals surface area contributed by atoms with Gasteiger partial charge in [-0.25, -0.2) is 9.78 Å². The van der Waals surface area contributed by atoms with Crippen LogP contribution in [0.15, 0.2) is 26.4 Å². The molecule has 0 aliphatic carbocycles. The Kier molecular flexibility index (Phi) is 5.26. The van der Waals surface area contributed by atoms with Crippen LogP contribution in [0.1, 0.15) is 26.0 Å². The summed E-state index contributed by atoms with van der Waals surface area (Å²) >= 11 is 2.76. The summed E-state index contributed by atoms with van der Waals surface area (Å²) in [7, 11) is 0. The van der Waals surface area contributed by atoms with Gasteiger partial charge in [-0.3, -0.25) is 10.2 Å². The Morgan fingerprint density at radius 3 is 2.86 bits per heavy atom. The van der Waals surface area contributed by atoms with Crippen molar-refractivity contribution < 1.29 is 19.8 Å². The highest BCUT2D eigenvalue weighted by atomic mass is 32.2. The molecule has 0 spiro atoms. The summed E-state index contributed by atoms with van der Waals surface area (Å²) in [4.78, 5) is 32.9. The molecule has 1 aromatic heterocycles. The Morgan fingerprint density at radius 2 is 2.28 bits per heavy atom. The number of carbonyl (C=O) groups is 2. The van der Waals surface area contributed by atoms with Gasteiger partial charge in [0, 0.05) is 29.3 Å². The first kappa shape index (κ1) is 20.1. The first-order valence-electron chi connectivity index (χ1n) is 9.39. The van der Waals surface area contributed by atoms with Crippen LogP contribution in [0.3, 0.4) is 0 Å². The molecule has 1 saturated heterocycles. The number of rotatable bonds is 6. The first-order valence-corrected chi connectivity index (χ1v) is 11.1. The van der Waals surface area contributed by atoms with E-state index in [9.17, 15) is 19.8 Å². The van der Waals surface area contributed by atoms with Gasteiger partial charge in [-0.2, -0.15) is 0 Å². The molecule has 3 aliphatic rings. The number of aliphatic carboxylic acids is 1. The fourth-order valence-corrected chi connectivity index (χ4v) is 6.35. The van der Waals surface area contributed by atoms with E-state index in [1.807, 2.05) is 17.2 Å². The number of aromatic nitrogens is 1. The molecule has 0 aromatic carbocycles. The van der Waals surface area contributed by atoms with Crippen molar-refractivity contribution in [2.75, 3.05) is 13.1 Å². The van der Waals surface area contributed by atoms with Gasteiger partial charge >= 0.3 is 5.97 Å². The zero-order chi connectivity index (χ0) is 20.9. The molecule has 8 nitrogen and oxygen atoms in total. The lowest BCUT2D eigenvalue weighted by Crippen LogP contribution is -2.63. The summed E-state index contributed by atoms with van der Waals surface area (Å²) in [6, 6.07) is -0.316. The average molecular weight is 435 g/mol. The highest BCUT2D eigenvalue weighted by Gasteiger charge is 2.60. The van der Waals surface area contributed by atoms with Crippen LogP contribution in [0, 0.1) is 17.2 Å². The number of hydrogen-bond acceptors (Lipinski definition) is 7. The number of carbonyl (C=O) groups excluding carboxylic acids is 1. The van der Waals surface area contributed by atoms with Crippen molar-refractivity contribution in [1.82, 2.24) is 14.8 Å². The Hall–Kier alpha value is -2.17. The predicted octanol–water partition coefficient (Wildman–Crippen LogP) is 2.09. The smallest absolute Gasteiger partial charge is 0.353 e. The zero-order valence-corrected chi connectivity index (χ0v) is 17.7. The van der Waals surface area contributed by atoms with E-state index in [4.69, 9.17) is 5.41 Å². The minimum atomic E-state index is -1.13. The average Bonchev–Trinajstić information content (AvgIpc) is 3.24. The number of thiazole rings is 1. The molecular weight excluding hydrogens is 412 g/mol. The number of hydrogen-bond donors (Lipinski definition) is 3. The SMILES string of the molecule is CC(O)C1C(=O)N2C(C(=O)O)=C(Sc3nc(C4=CCN(C=N)CC4)cs3)C(C)C12. The number of amides is 1. The summed E-state index contributed by atoms with van der Waals surface area (Å²) < 4.78 is 0.736. The van der Waals surface area contributed by atoms with Crippen molar-refractivity contribution in [2.24, 2.45) is 11.8 Å². The van der Waals surface area contributed by atoms with E-state index in [-0.39, 0.29) is 23.6 Å². The van der Waals surface area contributed by atoms with Gasteiger partial charge < -0.3 is 20.0 Å². The van der Waals surface area contributed by atoms with Crippen LogP contribution in [0.5, 0.6) is 0 Å². The molecule has 1 aromatic rings. The molecule has 0 bridgehead atoms. The Morgan fingerprint density at radius 1 is 1.52 bits per heavy atom. The van der Waals surface area contributed by atoms with Crippen LogP contribution >= 0.6 is 23.1 Å². The molecule has 0 saturated carbocycles. The molecule has 4 atom stereocenters. The monoisotopic (exact) mass is 434 g/mol. The summed E-state index contributed by atoms with van der Waals surface area (Å²) in [5.74, 6) is -2.19. The van der Waals surface area contributed by atoms with Crippen molar-refractivity contribution in [2.45, 2.75) is 36.8 Å². The number of thioether (sulfide) groups is 1. The number of nitrogens with one attached hydrogen (secondary N) is 1. The molecular formula is C19H22N4O4S2. The third kappa shape index (κ3) is 3.28. The normalized spacial score (nSPS) is 27.5. The lowest BCUT2D eigenvalue weighted by Gasteiger charge is -2.46. The molecule has 4 heterocycles. The Bertz CT molecular complexity index is 938. The van der Waals surface area contributed by atoms with Crippen LogP contribution in [-0.4, -0.2) is 68.4 Å². The standard InChI is InChI=1S/C19H22N4O4S2/c1-9-14-13(10(2)24)17(25)23(14)15(18(26)27)16(9)29-19-21-12(7-28-19)11-3-5-22(8-20)6-4-11/h3,7-10,13-14,20,24H,4-6H2,1-2H3,(H,26,27). The summed E-state index contributed by atoms with van der Waals surface area (Å²) in [6.45, 7) is 4.94. The van der Waals surface area contributed by atoms with Gasteiger partial charge in [-0.15, -0.1) is 11.3 Å². The van der Waals surface area contributed by atoms with Crippen molar-refractivity contribution in [1.29, 1.82) is 5.41 Å². The number of β-lactam (4-membered cyclic amide) rings is 1. The maximum absolute atomic E-state index is 12.4. The van der Waals surface area contributed by atoms with Crippen LogP contribution in [0.25, 0.3) is 5.57 Å². The van der Waals surface area contributed by atoms with Crippen molar-refractivity contribution in [3.8, 4) is 0 Å². The lowest BCUT2D eigenvalue weighted by atomic mass is 9.79. The van der Waals surface area contributed by atoms with E-state index >= 15 is 0 Å². The number of carboxylic acids is 1. The largest absolute Gasteiger partial charge is 0.477 e. The Balaban J connectivity index is 1.57.